The number of hydrogen-bond donors (Lipinski definition) is 0. The molecule has 1 aliphatic rings. The summed E-state index contributed by atoms with van der Waals surface area (Å²) in [5, 5.41) is 3.12. The van der Waals surface area contributed by atoms with Gasteiger partial charge in [-0.1, -0.05) is 42.5 Å². The lowest BCUT2D eigenvalue weighted by molar-refractivity contribution is 0.147. The molecule has 6 rings (SSSR count). The molecule has 0 spiro atoms. The molecule has 178 valence electrons. The highest BCUT2D eigenvalue weighted by Crippen LogP contribution is 2.41. The van der Waals surface area contributed by atoms with Crippen LogP contribution < -0.4 is 4.74 Å². The van der Waals surface area contributed by atoms with Crippen LogP contribution in [0.15, 0.2) is 91.3 Å². The number of benzene rings is 3. The van der Waals surface area contributed by atoms with Crippen molar-refractivity contribution < 1.29 is 14.3 Å². The van der Waals surface area contributed by atoms with Gasteiger partial charge in [-0.3, -0.25) is 4.98 Å². The van der Waals surface area contributed by atoms with Gasteiger partial charge in [0.05, 0.1) is 16.9 Å². The first kappa shape index (κ1) is 21.9. The highest BCUT2D eigenvalue weighted by atomic mass is 16.6. The first-order chi connectivity index (χ1) is 17.7. The van der Waals surface area contributed by atoms with Gasteiger partial charge in [-0.05, 0) is 61.0 Å². The molecule has 0 radical (unpaired) electrons. The maximum atomic E-state index is 13.2. The van der Waals surface area contributed by atoms with Crippen LogP contribution in [0.2, 0.25) is 0 Å². The number of pyridine rings is 1. The van der Waals surface area contributed by atoms with Crippen molar-refractivity contribution in [2.24, 2.45) is 0 Å². The van der Waals surface area contributed by atoms with Crippen LogP contribution in [0.3, 0.4) is 0 Å². The zero-order valence-corrected chi connectivity index (χ0v) is 20.1. The minimum absolute atomic E-state index is 0.357. The second-order valence-electron chi connectivity index (χ2n) is 8.61. The molecule has 0 atom stereocenters. The van der Waals surface area contributed by atoms with E-state index in [2.05, 4.69) is 23.2 Å². The summed E-state index contributed by atoms with van der Waals surface area (Å²) in [6, 6.07) is 26.0. The third-order valence-corrected chi connectivity index (χ3v) is 6.57. The maximum Gasteiger partial charge on any atom is 0.415 e. The summed E-state index contributed by atoms with van der Waals surface area (Å²) in [7, 11) is 0. The molecule has 1 amide bonds. The fraction of sp³-hybridized carbons (Fsp3) is 0.133. The van der Waals surface area contributed by atoms with Crippen LogP contribution in [0.25, 0.3) is 38.9 Å². The van der Waals surface area contributed by atoms with Crippen molar-refractivity contribution in [1.82, 2.24) is 14.5 Å². The summed E-state index contributed by atoms with van der Waals surface area (Å²) in [5.41, 5.74) is 3.12. The van der Waals surface area contributed by atoms with E-state index in [-0.39, 0.29) is 0 Å². The molecule has 5 aromatic rings. The van der Waals surface area contributed by atoms with Crippen molar-refractivity contribution in [3.05, 3.63) is 103 Å². The first-order valence-electron chi connectivity index (χ1n) is 12.1. The first-order valence-corrected chi connectivity index (χ1v) is 12.1. The normalized spacial score (nSPS) is 12.6. The Morgan fingerprint density at radius 1 is 0.917 bits per heavy atom. The molecule has 6 nitrogen and oxygen atoms in total. The zero-order valence-electron chi connectivity index (χ0n) is 20.1. The van der Waals surface area contributed by atoms with Crippen molar-refractivity contribution in [3.63, 3.8) is 0 Å². The molecule has 0 saturated heterocycles. The van der Waals surface area contributed by atoms with E-state index in [0.29, 0.717) is 30.4 Å². The summed E-state index contributed by atoms with van der Waals surface area (Å²) in [5.74, 6) is 1.48. The molecule has 0 fully saturated rings. The molecule has 1 aliphatic heterocycles. The molecule has 0 bridgehead atoms. The number of nitrogens with zero attached hydrogens (tertiary/aromatic N) is 3. The molecule has 3 heterocycles. The average Bonchev–Trinajstić information content (AvgIpc) is 3.36. The van der Waals surface area contributed by atoms with Crippen LogP contribution in [0.5, 0.6) is 5.75 Å². The Labute approximate surface area is 209 Å². The van der Waals surface area contributed by atoms with Gasteiger partial charge in [-0.25, -0.2) is 4.79 Å². The molecular formula is C30H25N3O3. The minimum atomic E-state index is -0.423. The molecule has 0 saturated carbocycles. The molecule has 0 N–H and O–H groups in total. The van der Waals surface area contributed by atoms with Crippen LogP contribution in [-0.4, -0.2) is 33.6 Å². The van der Waals surface area contributed by atoms with E-state index in [1.54, 1.807) is 11.1 Å². The van der Waals surface area contributed by atoms with Crippen molar-refractivity contribution in [1.29, 1.82) is 0 Å². The fourth-order valence-corrected chi connectivity index (χ4v) is 4.72. The molecule has 6 heteroatoms. The van der Waals surface area contributed by atoms with Crippen molar-refractivity contribution in [2.75, 3.05) is 13.1 Å². The Bertz CT molecular complexity index is 1640. The Morgan fingerprint density at radius 3 is 2.47 bits per heavy atom. The van der Waals surface area contributed by atoms with Gasteiger partial charge in [0.2, 0.25) is 0 Å². The number of hydrogen-bond acceptors (Lipinski definition) is 4. The number of carbonyl (C=O) groups is 1. The lowest BCUT2D eigenvalue weighted by atomic mass is 10.1. The van der Waals surface area contributed by atoms with E-state index >= 15 is 0 Å². The Morgan fingerprint density at radius 2 is 1.67 bits per heavy atom. The van der Waals surface area contributed by atoms with E-state index < -0.39 is 6.09 Å². The van der Waals surface area contributed by atoms with Crippen molar-refractivity contribution in [2.45, 2.75) is 13.8 Å². The van der Waals surface area contributed by atoms with Crippen LogP contribution >= 0.6 is 0 Å². The SMILES string of the molecule is CCN(CC)C(=O)OC1=C(c2cccc3cccnc23)Oc2cc3ccccc3cc2-n2cccc21. The molecule has 0 aliphatic carbocycles. The van der Waals surface area contributed by atoms with Gasteiger partial charge in [0, 0.05) is 36.4 Å². The van der Waals surface area contributed by atoms with Gasteiger partial charge in [0.25, 0.3) is 0 Å². The Kier molecular flexibility index (Phi) is 5.41. The molecule has 2 aromatic heterocycles. The van der Waals surface area contributed by atoms with Gasteiger partial charge in [0.1, 0.15) is 0 Å². The second-order valence-corrected chi connectivity index (χ2v) is 8.61. The number of fused-ring (bicyclic) bond motifs is 5. The number of aromatic nitrogens is 2. The minimum Gasteiger partial charge on any atom is -0.450 e. The highest BCUT2D eigenvalue weighted by Gasteiger charge is 2.29. The lowest BCUT2D eigenvalue weighted by Crippen LogP contribution is -2.31. The summed E-state index contributed by atoms with van der Waals surface area (Å²) >= 11 is 0. The molecule has 0 unspecified atom stereocenters. The zero-order chi connectivity index (χ0) is 24.6. The van der Waals surface area contributed by atoms with E-state index in [0.717, 1.165) is 38.6 Å². The molecule has 36 heavy (non-hydrogen) atoms. The largest absolute Gasteiger partial charge is 0.450 e. The van der Waals surface area contributed by atoms with Crippen LogP contribution in [0, 0.1) is 0 Å². The highest BCUT2D eigenvalue weighted by molar-refractivity contribution is 5.99. The maximum absolute atomic E-state index is 13.2. The van der Waals surface area contributed by atoms with Gasteiger partial charge >= 0.3 is 6.09 Å². The van der Waals surface area contributed by atoms with E-state index in [1.807, 2.05) is 85.3 Å². The van der Waals surface area contributed by atoms with Gasteiger partial charge in [-0.2, -0.15) is 0 Å². The monoisotopic (exact) mass is 475 g/mol. The number of amides is 1. The summed E-state index contributed by atoms with van der Waals surface area (Å²) in [6.07, 6.45) is 3.30. The molecular weight excluding hydrogens is 450 g/mol. The standard InChI is InChI=1S/C30H25N3O3/c1-3-32(4-2)30(34)36-29-24-15-9-17-33(24)25-18-21-10-5-6-11-22(21)19-26(25)35-28(29)23-14-7-12-20-13-8-16-31-27(20)23/h5-19H,3-4H2,1-2H3. The summed E-state index contributed by atoms with van der Waals surface area (Å²) in [4.78, 5) is 19.5. The van der Waals surface area contributed by atoms with E-state index in [1.165, 1.54) is 0 Å². The van der Waals surface area contributed by atoms with Crippen LogP contribution in [0.4, 0.5) is 4.79 Å². The van der Waals surface area contributed by atoms with Crippen molar-refractivity contribution in [3.8, 4) is 11.4 Å². The van der Waals surface area contributed by atoms with Gasteiger partial charge < -0.3 is 18.9 Å². The predicted molar refractivity (Wildman–Crippen MR) is 142 cm³/mol. The van der Waals surface area contributed by atoms with Crippen LogP contribution in [0.1, 0.15) is 25.1 Å². The van der Waals surface area contributed by atoms with E-state index in [4.69, 9.17) is 9.47 Å². The second kappa shape index (κ2) is 8.89. The third kappa shape index (κ3) is 3.58. The predicted octanol–water partition coefficient (Wildman–Crippen LogP) is 6.88. The van der Waals surface area contributed by atoms with Gasteiger partial charge in [0.15, 0.2) is 17.3 Å². The number of para-hydroxylation sites is 1. The molecule has 3 aromatic carbocycles. The smallest absolute Gasteiger partial charge is 0.415 e. The topological polar surface area (TPSA) is 56.6 Å². The Hall–Kier alpha value is -4.58. The third-order valence-electron chi connectivity index (χ3n) is 6.57. The average molecular weight is 476 g/mol. The summed E-state index contributed by atoms with van der Waals surface area (Å²) in [6.45, 7) is 4.95. The Balaban J connectivity index is 1.64. The quantitative estimate of drug-likeness (QED) is 0.284. The van der Waals surface area contributed by atoms with Crippen LogP contribution in [-0.2, 0) is 4.74 Å². The number of rotatable bonds is 4. The van der Waals surface area contributed by atoms with Gasteiger partial charge in [-0.15, -0.1) is 0 Å². The fourth-order valence-electron chi connectivity index (χ4n) is 4.72. The van der Waals surface area contributed by atoms with E-state index in [9.17, 15) is 4.79 Å². The number of carbonyl (C=O) groups excluding carboxylic acids is 1. The number of ether oxygens (including phenoxy) is 2. The van der Waals surface area contributed by atoms with Crippen molar-refractivity contribution >= 4 is 39.3 Å². The summed E-state index contributed by atoms with van der Waals surface area (Å²) < 4.78 is 14.8. The lowest BCUT2D eigenvalue weighted by Gasteiger charge is -2.20.